The van der Waals surface area contributed by atoms with E-state index in [0.29, 0.717) is 4.47 Å². The predicted octanol–water partition coefficient (Wildman–Crippen LogP) is -0.771. The van der Waals surface area contributed by atoms with E-state index in [1.807, 2.05) is 0 Å². The van der Waals surface area contributed by atoms with Crippen LogP contribution in [0.4, 0.5) is 5.82 Å². The van der Waals surface area contributed by atoms with E-state index in [0.717, 1.165) is 0 Å². The SMILES string of the molecule is Nc1nc(=O)n([C@H]2C[C@H](O)[C@@H](CO)O2)cc1Br. The second kappa shape index (κ2) is 4.73. The number of hydrogen-bond donors (Lipinski definition) is 3. The molecule has 4 N–H and O–H groups in total. The zero-order valence-corrected chi connectivity index (χ0v) is 10.4. The molecule has 1 aliphatic rings. The van der Waals surface area contributed by atoms with Crippen molar-refractivity contribution in [2.45, 2.75) is 24.9 Å². The van der Waals surface area contributed by atoms with Crippen molar-refractivity contribution in [3.05, 3.63) is 21.2 Å². The number of halogens is 1. The average molecular weight is 306 g/mol. The molecule has 1 aromatic rings. The van der Waals surface area contributed by atoms with Crippen molar-refractivity contribution in [3.8, 4) is 0 Å². The number of aliphatic hydroxyl groups is 2. The van der Waals surface area contributed by atoms with Gasteiger partial charge in [-0.15, -0.1) is 0 Å². The second-order valence-corrected chi connectivity index (χ2v) is 4.63. The standard InChI is InChI=1S/C9H12BrN3O4/c10-4-2-13(9(16)12-8(4)11)7-1-5(15)6(3-14)17-7/h2,5-7,14-15H,1,3H2,(H2,11,12,16)/t5-,6+,7+/m0/s1. The fourth-order valence-electron chi connectivity index (χ4n) is 1.71. The smallest absolute Gasteiger partial charge is 0.351 e. The Morgan fingerprint density at radius 2 is 2.41 bits per heavy atom. The number of aliphatic hydroxyl groups excluding tert-OH is 2. The molecule has 94 valence electrons. The molecule has 8 heteroatoms. The van der Waals surface area contributed by atoms with Crippen LogP contribution in [-0.2, 0) is 4.74 Å². The molecule has 1 aliphatic heterocycles. The Balaban J connectivity index is 2.30. The Bertz CT molecular complexity index is 478. The molecule has 0 unspecified atom stereocenters. The van der Waals surface area contributed by atoms with Gasteiger partial charge in [0, 0.05) is 12.6 Å². The minimum atomic E-state index is -0.798. The van der Waals surface area contributed by atoms with Gasteiger partial charge in [-0.3, -0.25) is 4.57 Å². The maximum atomic E-state index is 11.6. The molecule has 0 aromatic carbocycles. The first-order valence-electron chi connectivity index (χ1n) is 5.01. The summed E-state index contributed by atoms with van der Waals surface area (Å²) in [6, 6.07) is 0. The summed E-state index contributed by atoms with van der Waals surface area (Å²) < 4.78 is 7.06. The Morgan fingerprint density at radius 3 is 3.00 bits per heavy atom. The van der Waals surface area contributed by atoms with Gasteiger partial charge in [0.05, 0.1) is 17.2 Å². The molecule has 0 radical (unpaired) electrons. The molecule has 0 aliphatic carbocycles. The zero-order valence-electron chi connectivity index (χ0n) is 8.78. The van der Waals surface area contributed by atoms with Gasteiger partial charge < -0.3 is 20.7 Å². The van der Waals surface area contributed by atoms with Crippen LogP contribution in [0.15, 0.2) is 15.5 Å². The van der Waals surface area contributed by atoms with Crippen LogP contribution < -0.4 is 11.4 Å². The molecule has 1 saturated heterocycles. The summed E-state index contributed by atoms with van der Waals surface area (Å²) >= 11 is 3.16. The van der Waals surface area contributed by atoms with Gasteiger partial charge in [-0.1, -0.05) is 0 Å². The highest BCUT2D eigenvalue weighted by molar-refractivity contribution is 9.10. The number of nitrogen functional groups attached to an aromatic ring is 1. The Labute approximate surface area is 105 Å². The molecule has 0 saturated carbocycles. The first-order chi connectivity index (χ1) is 8.02. The predicted molar refractivity (Wildman–Crippen MR) is 62.2 cm³/mol. The highest BCUT2D eigenvalue weighted by Crippen LogP contribution is 2.28. The summed E-state index contributed by atoms with van der Waals surface area (Å²) in [6.45, 7) is -0.296. The summed E-state index contributed by atoms with van der Waals surface area (Å²) in [4.78, 5) is 15.2. The highest BCUT2D eigenvalue weighted by atomic mass is 79.9. The minimum Gasteiger partial charge on any atom is -0.394 e. The zero-order chi connectivity index (χ0) is 12.6. The molecule has 0 spiro atoms. The second-order valence-electron chi connectivity index (χ2n) is 3.78. The van der Waals surface area contributed by atoms with E-state index in [2.05, 4.69) is 20.9 Å². The van der Waals surface area contributed by atoms with Crippen LogP contribution in [-0.4, -0.2) is 38.6 Å². The lowest BCUT2D eigenvalue weighted by atomic mass is 10.2. The fraction of sp³-hybridized carbons (Fsp3) is 0.556. The molecule has 7 nitrogen and oxygen atoms in total. The summed E-state index contributed by atoms with van der Waals surface area (Å²) in [7, 11) is 0. The third-order valence-corrected chi connectivity index (χ3v) is 3.24. The molecular formula is C9H12BrN3O4. The van der Waals surface area contributed by atoms with Crippen molar-refractivity contribution >= 4 is 21.7 Å². The van der Waals surface area contributed by atoms with Gasteiger partial charge in [0.15, 0.2) is 0 Å². The number of rotatable bonds is 2. The summed E-state index contributed by atoms with van der Waals surface area (Å²) in [5.41, 5.74) is 4.91. The number of ether oxygens (including phenoxy) is 1. The third kappa shape index (κ3) is 2.34. The largest absolute Gasteiger partial charge is 0.394 e. The van der Waals surface area contributed by atoms with E-state index in [4.69, 9.17) is 15.6 Å². The van der Waals surface area contributed by atoms with E-state index >= 15 is 0 Å². The Hall–Kier alpha value is -0.960. The topological polar surface area (TPSA) is 111 Å². The number of nitrogens with zero attached hydrogens (tertiary/aromatic N) is 2. The Kier molecular flexibility index (Phi) is 3.48. The highest BCUT2D eigenvalue weighted by Gasteiger charge is 2.35. The molecule has 0 bridgehead atoms. The van der Waals surface area contributed by atoms with Gasteiger partial charge in [-0.2, -0.15) is 4.98 Å². The lowest BCUT2D eigenvalue weighted by Crippen LogP contribution is -2.28. The average Bonchev–Trinajstić information content (AvgIpc) is 2.65. The molecule has 1 fully saturated rings. The summed E-state index contributed by atoms with van der Waals surface area (Å²) in [5, 5.41) is 18.5. The lowest BCUT2D eigenvalue weighted by molar-refractivity contribution is -0.0459. The first kappa shape index (κ1) is 12.5. The van der Waals surface area contributed by atoms with Crippen LogP contribution in [0.25, 0.3) is 0 Å². The van der Waals surface area contributed by atoms with Crippen LogP contribution in [0.5, 0.6) is 0 Å². The van der Waals surface area contributed by atoms with Crippen molar-refractivity contribution in [1.82, 2.24) is 9.55 Å². The van der Waals surface area contributed by atoms with Crippen LogP contribution in [0.2, 0.25) is 0 Å². The van der Waals surface area contributed by atoms with E-state index in [-0.39, 0.29) is 18.8 Å². The van der Waals surface area contributed by atoms with E-state index < -0.39 is 24.1 Å². The molecular weight excluding hydrogens is 294 g/mol. The third-order valence-electron chi connectivity index (χ3n) is 2.63. The maximum absolute atomic E-state index is 11.6. The fourth-order valence-corrected chi connectivity index (χ4v) is 2.02. The van der Waals surface area contributed by atoms with Crippen LogP contribution in [0, 0.1) is 0 Å². The first-order valence-corrected chi connectivity index (χ1v) is 5.80. The molecule has 1 aromatic heterocycles. The van der Waals surface area contributed by atoms with Crippen molar-refractivity contribution in [1.29, 1.82) is 0 Å². The van der Waals surface area contributed by atoms with Gasteiger partial charge in [0.25, 0.3) is 0 Å². The van der Waals surface area contributed by atoms with Gasteiger partial charge in [-0.05, 0) is 15.9 Å². The minimum absolute atomic E-state index is 0.100. The van der Waals surface area contributed by atoms with Gasteiger partial charge in [-0.25, -0.2) is 4.79 Å². The number of aromatic nitrogens is 2. The number of nitrogens with two attached hydrogens (primary N) is 1. The number of hydrogen-bond acceptors (Lipinski definition) is 6. The van der Waals surface area contributed by atoms with Crippen molar-refractivity contribution < 1.29 is 14.9 Å². The van der Waals surface area contributed by atoms with Crippen molar-refractivity contribution in [2.75, 3.05) is 12.3 Å². The maximum Gasteiger partial charge on any atom is 0.351 e. The van der Waals surface area contributed by atoms with Crippen molar-refractivity contribution in [3.63, 3.8) is 0 Å². The molecule has 0 amide bonds. The molecule has 2 rings (SSSR count). The molecule has 17 heavy (non-hydrogen) atoms. The summed E-state index contributed by atoms with van der Waals surface area (Å²) in [5.74, 6) is 0.100. The van der Waals surface area contributed by atoms with Crippen LogP contribution in [0.1, 0.15) is 12.6 Å². The monoisotopic (exact) mass is 305 g/mol. The normalized spacial score (nSPS) is 28.5. The Morgan fingerprint density at radius 1 is 1.71 bits per heavy atom. The van der Waals surface area contributed by atoms with E-state index in [1.165, 1.54) is 10.8 Å². The van der Waals surface area contributed by atoms with Gasteiger partial charge in [0.1, 0.15) is 18.1 Å². The quantitative estimate of drug-likeness (QED) is 0.662. The van der Waals surface area contributed by atoms with Gasteiger partial charge in [0.2, 0.25) is 0 Å². The van der Waals surface area contributed by atoms with Crippen LogP contribution >= 0.6 is 15.9 Å². The number of anilines is 1. The van der Waals surface area contributed by atoms with Gasteiger partial charge >= 0.3 is 5.69 Å². The lowest BCUT2D eigenvalue weighted by Gasteiger charge is -2.14. The van der Waals surface area contributed by atoms with Crippen LogP contribution in [0.3, 0.4) is 0 Å². The van der Waals surface area contributed by atoms with E-state index in [1.54, 1.807) is 0 Å². The van der Waals surface area contributed by atoms with Crippen molar-refractivity contribution in [2.24, 2.45) is 0 Å². The summed E-state index contributed by atoms with van der Waals surface area (Å²) in [6.07, 6.45) is -0.430. The van der Waals surface area contributed by atoms with E-state index in [9.17, 15) is 9.90 Å². The molecule has 2 heterocycles. The molecule has 3 atom stereocenters.